The van der Waals surface area contributed by atoms with Crippen LogP contribution in [0.5, 0.6) is 0 Å². The van der Waals surface area contributed by atoms with Crippen LogP contribution >= 0.6 is 0 Å². The first-order valence-electron chi connectivity index (χ1n) is 7.78. The summed E-state index contributed by atoms with van der Waals surface area (Å²) in [6, 6.07) is 9.50. The Morgan fingerprint density at radius 1 is 1.24 bits per heavy atom. The highest BCUT2D eigenvalue weighted by Crippen LogP contribution is 2.25. The van der Waals surface area contributed by atoms with Crippen molar-refractivity contribution >= 4 is 5.91 Å². The number of amides is 1. The fourth-order valence-corrected chi connectivity index (χ4v) is 3.01. The number of piperidine rings is 1. The Bertz CT molecular complexity index is 453. The summed E-state index contributed by atoms with van der Waals surface area (Å²) in [5, 5.41) is 9.62. The van der Waals surface area contributed by atoms with Gasteiger partial charge in [-0.25, -0.2) is 0 Å². The molecule has 0 bridgehead atoms. The number of carbonyl (C=O) groups is 1. The van der Waals surface area contributed by atoms with Crippen molar-refractivity contribution in [3.8, 4) is 0 Å². The van der Waals surface area contributed by atoms with Gasteiger partial charge in [0.2, 0.25) is 5.91 Å². The molecule has 0 saturated carbocycles. The van der Waals surface area contributed by atoms with E-state index in [0.717, 1.165) is 31.5 Å². The molecule has 0 aliphatic carbocycles. The topological polar surface area (TPSA) is 66.6 Å². The number of benzene rings is 1. The van der Waals surface area contributed by atoms with Gasteiger partial charge in [0.05, 0.1) is 12.0 Å². The van der Waals surface area contributed by atoms with E-state index in [0.29, 0.717) is 5.92 Å². The third-order valence-electron chi connectivity index (χ3n) is 4.65. The predicted octanol–water partition coefficient (Wildman–Crippen LogP) is 1.94. The van der Waals surface area contributed by atoms with Crippen LogP contribution in [0.4, 0.5) is 0 Å². The van der Waals surface area contributed by atoms with Crippen molar-refractivity contribution in [2.75, 3.05) is 13.1 Å². The van der Waals surface area contributed by atoms with Gasteiger partial charge < -0.3 is 15.7 Å². The molecule has 1 heterocycles. The summed E-state index contributed by atoms with van der Waals surface area (Å²) >= 11 is 0. The van der Waals surface area contributed by atoms with Gasteiger partial charge >= 0.3 is 0 Å². The molecule has 2 rings (SSSR count). The molecule has 0 spiro atoms. The maximum atomic E-state index is 12.6. The van der Waals surface area contributed by atoms with Crippen molar-refractivity contribution in [2.24, 2.45) is 17.6 Å². The fourth-order valence-electron chi connectivity index (χ4n) is 3.01. The third kappa shape index (κ3) is 3.83. The van der Waals surface area contributed by atoms with E-state index < -0.39 is 0 Å². The lowest BCUT2D eigenvalue weighted by Crippen LogP contribution is -2.45. The van der Waals surface area contributed by atoms with Crippen molar-refractivity contribution in [2.45, 2.75) is 38.8 Å². The smallest absolute Gasteiger partial charge is 0.227 e. The lowest BCUT2D eigenvalue weighted by molar-refractivity contribution is -0.137. The highest BCUT2D eigenvalue weighted by Gasteiger charge is 2.30. The Kier molecular flexibility index (Phi) is 5.37. The van der Waals surface area contributed by atoms with E-state index in [4.69, 9.17) is 5.73 Å². The van der Waals surface area contributed by atoms with Crippen LogP contribution in [-0.2, 0) is 4.79 Å². The molecular weight excluding hydrogens is 264 g/mol. The second kappa shape index (κ2) is 7.05. The molecule has 3 atom stereocenters. The Morgan fingerprint density at radius 3 is 2.33 bits per heavy atom. The number of carbonyl (C=O) groups excluding carboxylic acids is 1. The molecule has 1 amide bonds. The Balaban J connectivity index is 1.94. The van der Waals surface area contributed by atoms with Gasteiger partial charge in [0.1, 0.15) is 0 Å². The highest BCUT2D eigenvalue weighted by molar-refractivity contribution is 5.79. The van der Waals surface area contributed by atoms with Crippen molar-refractivity contribution in [1.29, 1.82) is 0 Å². The van der Waals surface area contributed by atoms with Gasteiger partial charge in [-0.2, -0.15) is 0 Å². The first-order valence-corrected chi connectivity index (χ1v) is 7.78. The number of hydrogen-bond acceptors (Lipinski definition) is 3. The van der Waals surface area contributed by atoms with Crippen LogP contribution in [0.1, 0.15) is 38.3 Å². The minimum absolute atomic E-state index is 0.121. The largest absolute Gasteiger partial charge is 0.393 e. The van der Waals surface area contributed by atoms with Crippen molar-refractivity contribution in [3.05, 3.63) is 35.9 Å². The average molecular weight is 290 g/mol. The number of nitrogens with zero attached hydrogens (tertiary/aromatic N) is 1. The predicted molar refractivity (Wildman–Crippen MR) is 83.5 cm³/mol. The zero-order valence-electron chi connectivity index (χ0n) is 12.9. The molecule has 4 heteroatoms. The van der Waals surface area contributed by atoms with E-state index in [1.54, 1.807) is 0 Å². The highest BCUT2D eigenvalue weighted by atomic mass is 16.3. The lowest BCUT2D eigenvalue weighted by Gasteiger charge is -2.35. The molecule has 3 unspecified atom stereocenters. The van der Waals surface area contributed by atoms with Crippen LogP contribution in [0.3, 0.4) is 0 Å². The molecule has 1 fully saturated rings. The lowest BCUT2D eigenvalue weighted by atomic mass is 9.90. The minimum atomic E-state index is -0.286. The molecule has 4 nitrogen and oxygen atoms in total. The first-order chi connectivity index (χ1) is 10.0. The molecule has 21 heavy (non-hydrogen) atoms. The van der Waals surface area contributed by atoms with E-state index in [2.05, 4.69) is 0 Å². The van der Waals surface area contributed by atoms with Crippen molar-refractivity contribution < 1.29 is 9.90 Å². The Hall–Kier alpha value is -1.39. The molecule has 1 aliphatic heterocycles. The van der Waals surface area contributed by atoms with Crippen LogP contribution in [0.2, 0.25) is 0 Å². The van der Waals surface area contributed by atoms with Gasteiger partial charge in [-0.1, -0.05) is 37.3 Å². The van der Waals surface area contributed by atoms with Gasteiger partial charge in [-0.3, -0.25) is 4.79 Å². The number of likely N-dealkylation sites (tertiary alicyclic amines) is 1. The third-order valence-corrected chi connectivity index (χ3v) is 4.65. The standard InChI is InChI=1S/C17H26N2O2/c1-12(16(18)15-6-4-3-5-7-15)17(21)19-10-8-14(9-11-19)13(2)20/h3-7,12-14,16,20H,8-11,18H2,1-2H3. The maximum Gasteiger partial charge on any atom is 0.227 e. The van der Waals surface area contributed by atoms with E-state index in [1.807, 2.05) is 49.1 Å². The number of aliphatic hydroxyl groups excluding tert-OH is 1. The van der Waals surface area contributed by atoms with Gasteiger partial charge in [0, 0.05) is 19.1 Å². The Morgan fingerprint density at radius 2 is 1.81 bits per heavy atom. The molecule has 3 N–H and O–H groups in total. The molecule has 0 aromatic heterocycles. The summed E-state index contributed by atoms with van der Waals surface area (Å²) in [6.45, 7) is 5.18. The van der Waals surface area contributed by atoms with Crippen molar-refractivity contribution in [1.82, 2.24) is 4.90 Å². The maximum absolute atomic E-state index is 12.6. The van der Waals surface area contributed by atoms with Gasteiger partial charge in [0.25, 0.3) is 0 Å². The Labute approximate surface area is 126 Å². The molecule has 1 aromatic rings. The molecule has 1 aliphatic rings. The van der Waals surface area contributed by atoms with E-state index in [-0.39, 0.29) is 24.0 Å². The SMILES string of the molecule is CC(O)C1CCN(C(=O)C(C)C(N)c2ccccc2)CC1. The van der Waals surface area contributed by atoms with Crippen LogP contribution in [0, 0.1) is 11.8 Å². The van der Waals surface area contributed by atoms with Crippen LogP contribution in [-0.4, -0.2) is 35.1 Å². The van der Waals surface area contributed by atoms with Crippen molar-refractivity contribution in [3.63, 3.8) is 0 Å². The van der Waals surface area contributed by atoms with Gasteiger partial charge in [0.15, 0.2) is 0 Å². The number of rotatable bonds is 4. The normalized spacial score (nSPS) is 20.9. The van der Waals surface area contributed by atoms with Gasteiger partial charge in [-0.05, 0) is 31.2 Å². The zero-order chi connectivity index (χ0) is 15.4. The van der Waals surface area contributed by atoms with E-state index in [9.17, 15) is 9.90 Å². The average Bonchev–Trinajstić information content (AvgIpc) is 2.53. The zero-order valence-corrected chi connectivity index (χ0v) is 12.9. The molecule has 0 radical (unpaired) electrons. The first kappa shape index (κ1) is 16.0. The van der Waals surface area contributed by atoms with Crippen LogP contribution < -0.4 is 5.73 Å². The minimum Gasteiger partial charge on any atom is -0.393 e. The van der Waals surface area contributed by atoms with Crippen LogP contribution in [0.25, 0.3) is 0 Å². The number of hydrogen-bond donors (Lipinski definition) is 2. The molecule has 1 saturated heterocycles. The summed E-state index contributed by atoms with van der Waals surface area (Å²) < 4.78 is 0. The quantitative estimate of drug-likeness (QED) is 0.890. The monoisotopic (exact) mass is 290 g/mol. The second-order valence-corrected chi connectivity index (χ2v) is 6.13. The summed E-state index contributed by atoms with van der Waals surface area (Å²) in [7, 11) is 0. The molecule has 1 aromatic carbocycles. The second-order valence-electron chi connectivity index (χ2n) is 6.13. The van der Waals surface area contributed by atoms with Crippen LogP contribution in [0.15, 0.2) is 30.3 Å². The summed E-state index contributed by atoms with van der Waals surface area (Å²) in [5.74, 6) is 0.207. The molecule has 116 valence electrons. The van der Waals surface area contributed by atoms with E-state index in [1.165, 1.54) is 0 Å². The summed E-state index contributed by atoms with van der Waals surface area (Å²) in [6.07, 6.45) is 1.46. The molecular formula is C17H26N2O2. The van der Waals surface area contributed by atoms with E-state index >= 15 is 0 Å². The number of aliphatic hydroxyl groups is 1. The van der Waals surface area contributed by atoms with Gasteiger partial charge in [-0.15, -0.1) is 0 Å². The summed E-state index contributed by atoms with van der Waals surface area (Å²) in [5.41, 5.74) is 7.23. The summed E-state index contributed by atoms with van der Waals surface area (Å²) in [4.78, 5) is 14.5. The number of nitrogens with two attached hydrogens (primary N) is 1. The fraction of sp³-hybridized carbons (Fsp3) is 0.588.